The van der Waals surface area contributed by atoms with E-state index in [2.05, 4.69) is 29.6 Å². The number of alkyl carbamates (subject to hydrolysis) is 1. The lowest BCUT2D eigenvalue weighted by atomic mass is 10.1. The number of unbranched alkanes of at least 4 members (excludes halogenated alkanes) is 1. The van der Waals surface area contributed by atoms with E-state index in [1.807, 2.05) is 69.3 Å². The Hall–Kier alpha value is -2.28. The van der Waals surface area contributed by atoms with Gasteiger partial charge in [0.05, 0.1) is 18.8 Å². The molecule has 0 bridgehead atoms. The van der Waals surface area contributed by atoms with Crippen molar-refractivity contribution in [3.63, 3.8) is 0 Å². The van der Waals surface area contributed by atoms with Crippen molar-refractivity contribution in [1.29, 1.82) is 0 Å². The Labute approximate surface area is 202 Å². The quantitative estimate of drug-likeness (QED) is 0.214. The van der Waals surface area contributed by atoms with Crippen LogP contribution in [0.25, 0.3) is 0 Å². The molecule has 0 radical (unpaired) electrons. The lowest BCUT2D eigenvalue weighted by Gasteiger charge is -2.29. The number of aliphatic hydroxyl groups excluding tert-OH is 1. The summed E-state index contributed by atoms with van der Waals surface area (Å²) in [4.78, 5) is 13.8. The third kappa shape index (κ3) is 11.9. The van der Waals surface area contributed by atoms with E-state index in [4.69, 9.17) is 14.6 Å². The van der Waals surface area contributed by atoms with Crippen molar-refractivity contribution in [2.75, 3.05) is 12.4 Å². The second-order valence-electron chi connectivity index (χ2n) is 8.78. The van der Waals surface area contributed by atoms with E-state index in [1.165, 1.54) is 0 Å². The largest absolute Gasteiger partial charge is 0.444 e. The molecule has 2 N–H and O–H groups in total. The zero-order valence-corrected chi connectivity index (χ0v) is 20.7. The number of nitrogens with one attached hydrogen (secondary N) is 1. The maximum absolute atomic E-state index is 12.6. The van der Waals surface area contributed by atoms with E-state index in [0.717, 1.165) is 23.3 Å². The molecular weight excluding hydrogens is 434 g/mol. The first-order chi connectivity index (χ1) is 15.9. The van der Waals surface area contributed by atoms with Crippen LogP contribution in [0.3, 0.4) is 0 Å². The Kier molecular flexibility index (Phi) is 12.1. The molecule has 0 aliphatic heterocycles. The second-order valence-corrected chi connectivity index (χ2v) is 9.88. The van der Waals surface area contributed by atoms with Crippen LogP contribution in [0.2, 0.25) is 0 Å². The normalized spacial score (nSPS) is 13.6. The fraction of sp³-hybridized carbons (Fsp3) is 0.444. The Morgan fingerprint density at radius 2 is 1.73 bits per heavy atom. The lowest BCUT2D eigenvalue weighted by molar-refractivity contribution is 0.0118. The van der Waals surface area contributed by atoms with Crippen molar-refractivity contribution in [2.45, 2.75) is 69.3 Å². The summed E-state index contributed by atoms with van der Waals surface area (Å²) in [5.74, 6) is 0.646. The topological polar surface area (TPSA) is 67.8 Å². The van der Waals surface area contributed by atoms with E-state index < -0.39 is 11.7 Å². The smallest absolute Gasteiger partial charge is 0.407 e. The number of hydrogen-bond acceptors (Lipinski definition) is 5. The molecule has 2 aromatic carbocycles. The number of benzene rings is 2. The van der Waals surface area contributed by atoms with Gasteiger partial charge in [-0.3, -0.25) is 0 Å². The van der Waals surface area contributed by atoms with Crippen LogP contribution in [-0.4, -0.2) is 41.3 Å². The molecule has 33 heavy (non-hydrogen) atoms. The molecular formula is C27H37NO4S. The van der Waals surface area contributed by atoms with Crippen LogP contribution < -0.4 is 5.32 Å². The Morgan fingerprint density at radius 1 is 1.06 bits per heavy atom. The Morgan fingerprint density at radius 3 is 2.36 bits per heavy atom. The van der Waals surface area contributed by atoms with E-state index in [1.54, 1.807) is 11.8 Å². The van der Waals surface area contributed by atoms with Crippen LogP contribution in [0, 0.1) is 0 Å². The van der Waals surface area contributed by atoms with Crippen molar-refractivity contribution < 1.29 is 19.4 Å². The van der Waals surface area contributed by atoms with E-state index in [-0.39, 0.29) is 18.8 Å². The molecule has 2 rings (SSSR count). The summed E-state index contributed by atoms with van der Waals surface area (Å²) >= 11 is 1.68. The van der Waals surface area contributed by atoms with Crippen LogP contribution >= 0.6 is 11.8 Å². The van der Waals surface area contributed by atoms with Gasteiger partial charge in [0.15, 0.2) is 0 Å². The molecule has 2 unspecified atom stereocenters. The predicted molar refractivity (Wildman–Crippen MR) is 135 cm³/mol. The first-order valence-electron chi connectivity index (χ1n) is 11.5. The molecule has 0 aliphatic rings. The molecule has 0 heterocycles. The third-order valence-electron chi connectivity index (χ3n) is 4.69. The fourth-order valence-corrected chi connectivity index (χ4v) is 4.11. The highest BCUT2D eigenvalue weighted by molar-refractivity contribution is 7.99. The highest BCUT2D eigenvalue weighted by Gasteiger charge is 2.26. The van der Waals surface area contributed by atoms with Crippen LogP contribution in [0.1, 0.15) is 45.6 Å². The molecule has 0 spiro atoms. The van der Waals surface area contributed by atoms with Gasteiger partial charge >= 0.3 is 6.09 Å². The number of carbonyl (C=O) groups excluding carboxylic acids is 1. The van der Waals surface area contributed by atoms with Gasteiger partial charge in [-0.05, 0) is 57.7 Å². The number of amides is 1. The number of ether oxygens (including phenoxy) is 2. The first kappa shape index (κ1) is 27.0. The van der Waals surface area contributed by atoms with Gasteiger partial charge in [0.1, 0.15) is 5.60 Å². The van der Waals surface area contributed by atoms with Crippen molar-refractivity contribution >= 4 is 17.9 Å². The zero-order chi connectivity index (χ0) is 23.9. The average molecular weight is 472 g/mol. The standard InChI is InChI=1S/C27H37NO4S/c1-27(2,3)32-26(30)28-24(21-33-23-16-10-7-11-17-23)25(18-12-4-5-13-19-29)31-20-22-14-8-6-9-15-22/h4,6-12,14-17,24-25,29H,5,13,18-21H2,1-3H3,(H,28,30)/b12-4+. The molecule has 0 fully saturated rings. The summed E-state index contributed by atoms with van der Waals surface area (Å²) in [7, 11) is 0. The number of aliphatic hydroxyl groups is 1. The molecule has 180 valence electrons. The van der Waals surface area contributed by atoms with Crippen LogP contribution in [0.5, 0.6) is 0 Å². The van der Waals surface area contributed by atoms with Crippen molar-refractivity contribution in [1.82, 2.24) is 5.32 Å². The third-order valence-corrected chi connectivity index (χ3v) is 5.83. The SMILES string of the molecule is CC(C)(C)OC(=O)NC(CSc1ccccc1)C(C/C=C/CCCO)OCc1ccccc1. The predicted octanol–water partition coefficient (Wildman–Crippen LogP) is 5.98. The van der Waals surface area contributed by atoms with Gasteiger partial charge in [-0.2, -0.15) is 0 Å². The maximum atomic E-state index is 12.6. The lowest BCUT2D eigenvalue weighted by Crippen LogP contribution is -2.47. The molecule has 0 saturated carbocycles. The summed E-state index contributed by atoms with van der Waals surface area (Å²) in [6.07, 6.45) is 5.64. The van der Waals surface area contributed by atoms with Crippen molar-refractivity contribution in [2.24, 2.45) is 0 Å². The van der Waals surface area contributed by atoms with Crippen molar-refractivity contribution in [3.05, 3.63) is 78.4 Å². The minimum absolute atomic E-state index is 0.175. The first-order valence-corrected chi connectivity index (χ1v) is 12.4. The van der Waals surface area contributed by atoms with Gasteiger partial charge < -0.3 is 19.9 Å². The number of rotatable bonds is 13. The molecule has 2 atom stereocenters. The molecule has 1 amide bonds. The van der Waals surface area contributed by atoms with Gasteiger partial charge in [0.25, 0.3) is 0 Å². The average Bonchev–Trinajstić information content (AvgIpc) is 2.79. The summed E-state index contributed by atoms with van der Waals surface area (Å²) in [6.45, 7) is 6.20. The van der Waals surface area contributed by atoms with E-state index in [0.29, 0.717) is 18.8 Å². The summed E-state index contributed by atoms with van der Waals surface area (Å²) in [5, 5.41) is 12.1. The number of allylic oxidation sites excluding steroid dienone is 1. The molecule has 6 heteroatoms. The summed E-state index contributed by atoms with van der Waals surface area (Å²) < 4.78 is 11.9. The fourth-order valence-electron chi connectivity index (χ4n) is 3.09. The summed E-state index contributed by atoms with van der Waals surface area (Å²) in [6, 6.07) is 19.9. The van der Waals surface area contributed by atoms with Gasteiger partial charge in [0.2, 0.25) is 0 Å². The van der Waals surface area contributed by atoms with Crippen LogP contribution in [-0.2, 0) is 16.1 Å². The van der Waals surface area contributed by atoms with Gasteiger partial charge in [0, 0.05) is 17.3 Å². The molecule has 0 aromatic heterocycles. The minimum Gasteiger partial charge on any atom is -0.444 e. The van der Waals surface area contributed by atoms with E-state index in [9.17, 15) is 4.79 Å². The molecule has 5 nitrogen and oxygen atoms in total. The molecule has 0 aliphatic carbocycles. The Balaban J connectivity index is 2.14. The number of thioether (sulfide) groups is 1. The minimum atomic E-state index is -0.578. The van der Waals surface area contributed by atoms with Crippen LogP contribution in [0.15, 0.2) is 77.7 Å². The molecule has 0 saturated heterocycles. The second kappa shape index (κ2) is 14.8. The maximum Gasteiger partial charge on any atom is 0.407 e. The number of carbonyl (C=O) groups is 1. The van der Waals surface area contributed by atoms with Crippen LogP contribution in [0.4, 0.5) is 4.79 Å². The van der Waals surface area contributed by atoms with Gasteiger partial charge in [-0.25, -0.2) is 4.79 Å². The van der Waals surface area contributed by atoms with Crippen molar-refractivity contribution in [3.8, 4) is 0 Å². The Bertz CT molecular complexity index is 821. The van der Waals surface area contributed by atoms with Gasteiger partial charge in [-0.1, -0.05) is 60.7 Å². The molecule has 2 aromatic rings. The highest BCUT2D eigenvalue weighted by atomic mass is 32.2. The number of hydrogen-bond donors (Lipinski definition) is 2. The van der Waals surface area contributed by atoms with E-state index >= 15 is 0 Å². The zero-order valence-electron chi connectivity index (χ0n) is 19.9. The highest BCUT2D eigenvalue weighted by Crippen LogP contribution is 2.22. The summed E-state index contributed by atoms with van der Waals surface area (Å²) in [5.41, 5.74) is 0.504. The van der Waals surface area contributed by atoms with Gasteiger partial charge in [-0.15, -0.1) is 11.8 Å². The monoisotopic (exact) mass is 471 g/mol.